The fourth-order valence-corrected chi connectivity index (χ4v) is 2.86. The molecule has 25 heavy (non-hydrogen) atoms. The zero-order chi connectivity index (χ0) is 17.5. The fraction of sp³-hybridized carbons (Fsp3) is 0.300. The Morgan fingerprint density at radius 3 is 2.32 bits per heavy atom. The Hall–Kier alpha value is -2.82. The second-order valence-electron chi connectivity index (χ2n) is 6.27. The van der Waals surface area contributed by atoms with Gasteiger partial charge >= 0.3 is 6.03 Å². The molecule has 1 fully saturated rings. The highest BCUT2D eigenvalue weighted by atomic mass is 16.2. The van der Waals surface area contributed by atoms with Gasteiger partial charge < -0.3 is 16.0 Å². The molecule has 5 heteroatoms. The summed E-state index contributed by atoms with van der Waals surface area (Å²) < 4.78 is 0. The summed E-state index contributed by atoms with van der Waals surface area (Å²) in [5.41, 5.74) is 2.42. The van der Waals surface area contributed by atoms with Gasteiger partial charge in [0.05, 0.1) is 6.54 Å². The highest BCUT2D eigenvalue weighted by Crippen LogP contribution is 2.40. The van der Waals surface area contributed by atoms with Crippen LogP contribution in [0.3, 0.4) is 0 Å². The van der Waals surface area contributed by atoms with Gasteiger partial charge in [-0.15, -0.1) is 0 Å². The lowest BCUT2D eigenvalue weighted by Crippen LogP contribution is -2.43. The third-order valence-corrected chi connectivity index (χ3v) is 4.32. The lowest BCUT2D eigenvalue weighted by Gasteiger charge is -2.08. The lowest BCUT2D eigenvalue weighted by atomic mass is 10.1. The average Bonchev–Trinajstić information content (AvgIpc) is 3.41. The first-order valence-corrected chi connectivity index (χ1v) is 8.62. The minimum Gasteiger partial charge on any atom is -0.354 e. The summed E-state index contributed by atoms with van der Waals surface area (Å²) >= 11 is 0. The Labute approximate surface area is 147 Å². The van der Waals surface area contributed by atoms with Crippen LogP contribution in [0.5, 0.6) is 0 Å². The first-order chi connectivity index (χ1) is 12.2. The third kappa shape index (κ3) is 5.35. The molecule has 0 aliphatic heterocycles. The summed E-state index contributed by atoms with van der Waals surface area (Å²) in [5, 5.41) is 8.33. The van der Waals surface area contributed by atoms with E-state index in [1.165, 1.54) is 11.1 Å². The quantitative estimate of drug-likeness (QED) is 0.725. The molecule has 0 heterocycles. The summed E-state index contributed by atoms with van der Waals surface area (Å²) in [6.45, 7) is 0.550. The van der Waals surface area contributed by atoms with Crippen LogP contribution < -0.4 is 16.0 Å². The molecule has 130 valence electrons. The number of carbonyl (C=O) groups is 2. The van der Waals surface area contributed by atoms with Gasteiger partial charge in [0.25, 0.3) is 0 Å². The molecule has 0 bridgehead atoms. The minimum atomic E-state index is -0.290. The van der Waals surface area contributed by atoms with Crippen molar-refractivity contribution in [2.45, 2.75) is 24.8 Å². The van der Waals surface area contributed by atoms with Crippen molar-refractivity contribution in [3.05, 3.63) is 71.8 Å². The van der Waals surface area contributed by atoms with Crippen LogP contribution in [-0.4, -0.2) is 31.1 Å². The number of amides is 3. The largest absolute Gasteiger partial charge is 0.354 e. The Balaban J connectivity index is 1.29. The predicted octanol–water partition coefficient (Wildman–Crippen LogP) is 2.20. The van der Waals surface area contributed by atoms with Gasteiger partial charge in [-0.2, -0.15) is 0 Å². The van der Waals surface area contributed by atoms with E-state index in [2.05, 4.69) is 28.1 Å². The SMILES string of the molecule is O=C(CNC(=O)N[C@H]1C[C@H]1c1ccccc1)NCCc1ccccc1. The molecule has 0 radical (unpaired) electrons. The fourth-order valence-electron chi connectivity index (χ4n) is 2.86. The van der Waals surface area contributed by atoms with E-state index in [9.17, 15) is 9.59 Å². The molecule has 1 aliphatic rings. The first-order valence-electron chi connectivity index (χ1n) is 8.62. The smallest absolute Gasteiger partial charge is 0.315 e. The topological polar surface area (TPSA) is 70.2 Å². The van der Waals surface area contributed by atoms with Crippen molar-refractivity contribution < 1.29 is 9.59 Å². The Morgan fingerprint density at radius 1 is 0.920 bits per heavy atom. The van der Waals surface area contributed by atoms with Crippen LogP contribution in [0.25, 0.3) is 0 Å². The molecule has 0 aromatic heterocycles. The van der Waals surface area contributed by atoms with Gasteiger partial charge in [0.15, 0.2) is 0 Å². The van der Waals surface area contributed by atoms with Crippen LogP contribution in [0.2, 0.25) is 0 Å². The Morgan fingerprint density at radius 2 is 1.60 bits per heavy atom. The molecule has 3 rings (SSSR count). The zero-order valence-corrected chi connectivity index (χ0v) is 14.1. The van der Waals surface area contributed by atoms with Gasteiger partial charge in [0.2, 0.25) is 5.91 Å². The molecule has 2 aromatic carbocycles. The maximum atomic E-state index is 11.9. The van der Waals surface area contributed by atoms with Crippen LogP contribution in [-0.2, 0) is 11.2 Å². The monoisotopic (exact) mass is 337 g/mol. The highest BCUT2D eigenvalue weighted by molar-refractivity contribution is 5.84. The molecule has 0 saturated heterocycles. The van der Waals surface area contributed by atoms with E-state index in [1.54, 1.807) is 0 Å². The van der Waals surface area contributed by atoms with Crippen LogP contribution in [0.15, 0.2) is 60.7 Å². The van der Waals surface area contributed by atoms with Gasteiger partial charge in [0.1, 0.15) is 0 Å². The number of benzene rings is 2. The molecule has 2 aromatic rings. The van der Waals surface area contributed by atoms with Crippen molar-refractivity contribution in [2.75, 3.05) is 13.1 Å². The maximum Gasteiger partial charge on any atom is 0.315 e. The molecule has 1 saturated carbocycles. The molecular weight excluding hydrogens is 314 g/mol. The van der Waals surface area contributed by atoms with Crippen LogP contribution in [0.1, 0.15) is 23.5 Å². The summed E-state index contributed by atoms with van der Waals surface area (Å²) in [5.74, 6) is 0.202. The number of carbonyl (C=O) groups excluding carboxylic acids is 2. The third-order valence-electron chi connectivity index (χ3n) is 4.32. The van der Waals surface area contributed by atoms with Crippen LogP contribution >= 0.6 is 0 Å². The standard InChI is InChI=1S/C20H23N3O2/c24-19(21-12-11-15-7-3-1-4-8-15)14-22-20(25)23-18-13-17(18)16-9-5-2-6-10-16/h1-10,17-18H,11-14H2,(H,21,24)(H2,22,23,25)/t17-,18-/m0/s1. The van der Waals surface area contributed by atoms with E-state index >= 15 is 0 Å². The van der Waals surface area contributed by atoms with Gasteiger partial charge in [-0.1, -0.05) is 60.7 Å². The van der Waals surface area contributed by atoms with Crippen molar-refractivity contribution >= 4 is 11.9 Å². The second kappa shape index (κ2) is 8.33. The lowest BCUT2D eigenvalue weighted by molar-refractivity contribution is -0.120. The molecule has 1 aliphatic carbocycles. The summed E-state index contributed by atoms with van der Waals surface area (Å²) in [6, 6.07) is 20.0. The highest BCUT2D eigenvalue weighted by Gasteiger charge is 2.39. The number of hydrogen-bond acceptors (Lipinski definition) is 2. The summed E-state index contributed by atoms with van der Waals surface area (Å²) in [4.78, 5) is 23.6. The van der Waals surface area contributed by atoms with E-state index in [0.717, 1.165) is 12.8 Å². The van der Waals surface area contributed by atoms with E-state index in [0.29, 0.717) is 12.5 Å². The summed E-state index contributed by atoms with van der Waals surface area (Å²) in [6.07, 6.45) is 1.72. The molecule has 0 unspecified atom stereocenters. The molecule has 2 atom stereocenters. The summed E-state index contributed by atoms with van der Waals surface area (Å²) in [7, 11) is 0. The normalized spacial score (nSPS) is 18.2. The number of hydrogen-bond donors (Lipinski definition) is 3. The van der Waals surface area contributed by atoms with Gasteiger partial charge in [-0.3, -0.25) is 4.79 Å². The second-order valence-corrected chi connectivity index (χ2v) is 6.27. The van der Waals surface area contributed by atoms with Crippen molar-refractivity contribution in [1.82, 2.24) is 16.0 Å². The molecule has 3 N–H and O–H groups in total. The molecular formula is C20H23N3O2. The Kier molecular flexibility index (Phi) is 5.67. The van der Waals surface area contributed by atoms with Gasteiger partial charge in [-0.05, 0) is 24.0 Å². The molecule has 5 nitrogen and oxygen atoms in total. The molecule has 0 spiro atoms. The number of urea groups is 1. The maximum absolute atomic E-state index is 11.9. The number of nitrogens with one attached hydrogen (secondary N) is 3. The average molecular weight is 337 g/mol. The van der Waals surface area contributed by atoms with Crippen molar-refractivity contribution in [2.24, 2.45) is 0 Å². The number of rotatable bonds is 7. The Bertz CT molecular complexity index is 703. The van der Waals surface area contributed by atoms with Gasteiger partial charge in [-0.25, -0.2) is 4.79 Å². The first kappa shape index (κ1) is 17.0. The van der Waals surface area contributed by atoms with E-state index in [-0.39, 0.29) is 24.5 Å². The van der Waals surface area contributed by atoms with Crippen LogP contribution in [0.4, 0.5) is 4.79 Å². The van der Waals surface area contributed by atoms with Crippen molar-refractivity contribution in [3.8, 4) is 0 Å². The molecule has 3 amide bonds. The van der Waals surface area contributed by atoms with E-state index in [4.69, 9.17) is 0 Å². The van der Waals surface area contributed by atoms with Crippen molar-refractivity contribution in [3.63, 3.8) is 0 Å². The van der Waals surface area contributed by atoms with Gasteiger partial charge in [0, 0.05) is 18.5 Å². The van der Waals surface area contributed by atoms with E-state index < -0.39 is 0 Å². The van der Waals surface area contributed by atoms with E-state index in [1.807, 2.05) is 48.5 Å². The zero-order valence-electron chi connectivity index (χ0n) is 14.1. The predicted molar refractivity (Wildman–Crippen MR) is 97.3 cm³/mol. The van der Waals surface area contributed by atoms with Crippen LogP contribution in [0, 0.1) is 0 Å². The minimum absolute atomic E-state index is 0.0106. The van der Waals surface area contributed by atoms with Crippen molar-refractivity contribution in [1.29, 1.82) is 0 Å².